The van der Waals surface area contributed by atoms with E-state index in [0.717, 1.165) is 33.6 Å². The fourth-order valence-electron chi connectivity index (χ4n) is 4.97. The van der Waals surface area contributed by atoms with Crippen LogP contribution in [0.25, 0.3) is 0 Å². The summed E-state index contributed by atoms with van der Waals surface area (Å²) in [6, 6.07) is 17.1. The number of nitrogens with zero attached hydrogens (tertiary/aromatic N) is 1. The smallest absolute Gasteiger partial charge is 0.261 e. The van der Waals surface area contributed by atoms with Crippen LogP contribution in [0.4, 0.5) is 0 Å². The van der Waals surface area contributed by atoms with Gasteiger partial charge in [0.1, 0.15) is 12.4 Å². The zero-order valence-electron chi connectivity index (χ0n) is 19.2. The van der Waals surface area contributed by atoms with Gasteiger partial charge in [-0.1, -0.05) is 42.5 Å². The maximum absolute atomic E-state index is 12.7. The van der Waals surface area contributed by atoms with Crippen LogP contribution in [-0.2, 0) is 18.0 Å². The van der Waals surface area contributed by atoms with E-state index in [-0.39, 0.29) is 17.9 Å². The summed E-state index contributed by atoms with van der Waals surface area (Å²) in [5, 5.41) is 0. The highest BCUT2D eigenvalue weighted by molar-refractivity contribution is 6.21. The molecule has 0 saturated carbocycles. The summed E-state index contributed by atoms with van der Waals surface area (Å²) in [5.74, 6) is 0.477. The van der Waals surface area contributed by atoms with Gasteiger partial charge in [-0.05, 0) is 72.7 Å². The van der Waals surface area contributed by atoms with Crippen molar-refractivity contribution in [3.8, 4) is 5.75 Å². The Balaban J connectivity index is 1.35. The molecule has 2 aliphatic rings. The van der Waals surface area contributed by atoms with E-state index in [9.17, 15) is 9.59 Å². The van der Waals surface area contributed by atoms with Crippen molar-refractivity contribution < 1.29 is 19.1 Å². The van der Waals surface area contributed by atoms with Gasteiger partial charge in [-0.3, -0.25) is 14.5 Å². The summed E-state index contributed by atoms with van der Waals surface area (Å²) < 4.78 is 12.4. The highest BCUT2D eigenvalue weighted by Crippen LogP contribution is 2.43. The van der Waals surface area contributed by atoms with Crippen molar-refractivity contribution >= 4 is 11.8 Å². The molecule has 33 heavy (non-hydrogen) atoms. The number of carbonyl (C=O) groups is 2. The molecule has 2 aliphatic heterocycles. The average Bonchev–Trinajstić information content (AvgIpc) is 3.37. The molecule has 0 N–H and O–H groups in total. The predicted octanol–water partition coefficient (Wildman–Crippen LogP) is 5.45. The van der Waals surface area contributed by atoms with Gasteiger partial charge in [-0.15, -0.1) is 0 Å². The highest BCUT2D eigenvalue weighted by atomic mass is 16.5. The van der Waals surface area contributed by atoms with Gasteiger partial charge >= 0.3 is 0 Å². The van der Waals surface area contributed by atoms with E-state index in [2.05, 4.69) is 32.9 Å². The molecule has 2 amide bonds. The Morgan fingerprint density at radius 3 is 2.18 bits per heavy atom. The Morgan fingerprint density at radius 1 is 0.879 bits per heavy atom. The number of hydrogen-bond acceptors (Lipinski definition) is 4. The van der Waals surface area contributed by atoms with E-state index in [0.29, 0.717) is 37.3 Å². The first-order valence-corrected chi connectivity index (χ1v) is 11.3. The lowest BCUT2D eigenvalue weighted by Crippen LogP contribution is -2.31. The van der Waals surface area contributed by atoms with Crippen LogP contribution in [0.5, 0.6) is 5.75 Å². The van der Waals surface area contributed by atoms with Gasteiger partial charge in [-0.2, -0.15) is 0 Å². The van der Waals surface area contributed by atoms with Crippen LogP contribution in [-0.4, -0.2) is 23.3 Å². The third-order valence-corrected chi connectivity index (χ3v) is 6.90. The molecule has 168 valence electrons. The largest absolute Gasteiger partial charge is 0.488 e. The Morgan fingerprint density at radius 2 is 1.52 bits per heavy atom. The van der Waals surface area contributed by atoms with Crippen molar-refractivity contribution in [2.24, 2.45) is 0 Å². The number of ether oxygens (including phenoxy) is 2. The topological polar surface area (TPSA) is 55.8 Å². The fraction of sp³-hybridized carbons (Fsp3) is 0.286. The normalized spacial score (nSPS) is 16.8. The number of carbonyl (C=O) groups excluding carboxylic acids is 2. The van der Waals surface area contributed by atoms with Crippen LogP contribution < -0.4 is 4.74 Å². The molecule has 5 heteroatoms. The van der Waals surface area contributed by atoms with Crippen molar-refractivity contribution in [1.82, 2.24) is 4.90 Å². The minimum Gasteiger partial charge on any atom is -0.488 e. The Kier molecular flexibility index (Phi) is 5.51. The molecule has 3 aromatic carbocycles. The van der Waals surface area contributed by atoms with Gasteiger partial charge in [0, 0.05) is 6.54 Å². The molecule has 3 aromatic rings. The lowest BCUT2D eigenvalue weighted by Gasteiger charge is -2.21. The Labute approximate surface area is 193 Å². The van der Waals surface area contributed by atoms with Crippen molar-refractivity contribution in [2.45, 2.75) is 46.5 Å². The van der Waals surface area contributed by atoms with E-state index in [1.807, 2.05) is 18.2 Å². The molecule has 1 atom stereocenters. The van der Waals surface area contributed by atoms with Crippen molar-refractivity contribution in [1.29, 1.82) is 0 Å². The zero-order valence-corrected chi connectivity index (χ0v) is 19.2. The summed E-state index contributed by atoms with van der Waals surface area (Å²) in [7, 11) is 0. The van der Waals surface area contributed by atoms with Crippen LogP contribution in [0, 0.1) is 20.8 Å². The second-order valence-electron chi connectivity index (χ2n) is 8.77. The monoisotopic (exact) mass is 441 g/mol. The van der Waals surface area contributed by atoms with E-state index in [4.69, 9.17) is 9.47 Å². The number of rotatable bonds is 6. The number of imide groups is 1. The Bertz CT molecular complexity index is 1210. The first kappa shape index (κ1) is 21.4. The quantitative estimate of drug-likeness (QED) is 0.478. The van der Waals surface area contributed by atoms with Gasteiger partial charge in [0.25, 0.3) is 11.8 Å². The van der Waals surface area contributed by atoms with Crippen molar-refractivity contribution in [3.63, 3.8) is 0 Å². The molecule has 0 fully saturated rings. The lowest BCUT2D eigenvalue weighted by molar-refractivity contribution is 0.0453. The molecule has 0 radical (unpaired) electrons. The van der Waals surface area contributed by atoms with E-state index in [1.165, 1.54) is 10.5 Å². The van der Waals surface area contributed by atoms with Gasteiger partial charge in [0.2, 0.25) is 0 Å². The van der Waals surface area contributed by atoms with Crippen LogP contribution in [0.15, 0.2) is 54.6 Å². The number of fused-ring (bicyclic) bond motifs is 2. The van der Waals surface area contributed by atoms with Crippen molar-refractivity contribution in [3.05, 3.63) is 99.1 Å². The summed E-state index contributed by atoms with van der Waals surface area (Å²) in [5.41, 5.74) is 7.80. The van der Waals surface area contributed by atoms with E-state index < -0.39 is 0 Å². The first-order valence-electron chi connectivity index (χ1n) is 11.3. The Hall–Kier alpha value is -3.44. The van der Waals surface area contributed by atoms with Gasteiger partial charge < -0.3 is 9.47 Å². The van der Waals surface area contributed by atoms with Gasteiger partial charge in [0.05, 0.1) is 23.8 Å². The SMILES string of the molecule is Cc1c(C)c2c(c(C)c1OCc1ccccc1)COC2CCN1C(=O)c2ccccc2C1=O. The molecule has 0 bridgehead atoms. The van der Waals surface area contributed by atoms with Gasteiger partial charge in [0.15, 0.2) is 0 Å². The molecule has 0 spiro atoms. The molecule has 0 aliphatic carbocycles. The maximum Gasteiger partial charge on any atom is 0.261 e. The second kappa shape index (κ2) is 8.49. The van der Waals surface area contributed by atoms with Crippen LogP contribution in [0.1, 0.15) is 66.6 Å². The fourth-order valence-corrected chi connectivity index (χ4v) is 4.97. The third-order valence-electron chi connectivity index (χ3n) is 6.90. The number of amides is 2. The summed E-state index contributed by atoms with van der Waals surface area (Å²) in [4.78, 5) is 26.8. The predicted molar refractivity (Wildman–Crippen MR) is 125 cm³/mol. The standard InChI is InChI=1S/C28H27NO4/c1-17-18(2)26(33-15-20-9-5-4-6-10-20)19(3)23-16-32-24(25(17)23)13-14-29-27(30)21-11-7-8-12-22(21)28(29)31/h4-12,24H,13-16H2,1-3H3. The van der Waals surface area contributed by atoms with Crippen LogP contribution in [0.2, 0.25) is 0 Å². The molecular formula is C28H27NO4. The number of benzene rings is 3. The molecule has 5 nitrogen and oxygen atoms in total. The van der Waals surface area contributed by atoms with Crippen LogP contribution in [0.3, 0.4) is 0 Å². The minimum absolute atomic E-state index is 0.148. The maximum atomic E-state index is 12.7. The molecule has 0 saturated heterocycles. The minimum atomic E-state index is -0.220. The molecule has 1 unspecified atom stereocenters. The highest BCUT2D eigenvalue weighted by Gasteiger charge is 2.37. The second-order valence-corrected chi connectivity index (χ2v) is 8.77. The summed E-state index contributed by atoms with van der Waals surface area (Å²) in [6.07, 6.45) is 0.424. The third kappa shape index (κ3) is 3.62. The van der Waals surface area contributed by atoms with Crippen LogP contribution >= 0.6 is 0 Å². The zero-order chi connectivity index (χ0) is 23.1. The van der Waals surface area contributed by atoms with E-state index >= 15 is 0 Å². The summed E-state index contributed by atoms with van der Waals surface area (Å²) in [6.45, 7) is 7.64. The number of hydrogen-bond donors (Lipinski definition) is 0. The lowest BCUT2D eigenvalue weighted by atomic mass is 9.90. The molecular weight excluding hydrogens is 414 g/mol. The summed E-state index contributed by atoms with van der Waals surface area (Å²) >= 11 is 0. The molecule has 0 aromatic heterocycles. The van der Waals surface area contributed by atoms with Gasteiger partial charge in [-0.25, -0.2) is 0 Å². The first-order chi connectivity index (χ1) is 16.0. The van der Waals surface area contributed by atoms with Crippen molar-refractivity contribution in [2.75, 3.05) is 6.54 Å². The average molecular weight is 442 g/mol. The molecule has 5 rings (SSSR count). The van der Waals surface area contributed by atoms with E-state index in [1.54, 1.807) is 24.3 Å². The molecule has 2 heterocycles.